The van der Waals surface area contributed by atoms with E-state index in [0.29, 0.717) is 28.3 Å². The lowest BCUT2D eigenvalue weighted by molar-refractivity contribution is -0.120. The predicted octanol–water partition coefficient (Wildman–Crippen LogP) is 1.39. The standard InChI is InChI=1S/C17H15N3O4/c1-20-13-8-11(4-7-14(13)24-9-15(20)21)17(23)19-12-5-2-10(3-6-12)16(18)22/h2-8H,9H2,1H3,(H2,18,22)(H,19,23). The van der Waals surface area contributed by atoms with E-state index in [1.54, 1.807) is 37.4 Å². The normalized spacial score (nSPS) is 13.0. The molecule has 0 atom stereocenters. The fourth-order valence-corrected chi connectivity index (χ4v) is 2.33. The van der Waals surface area contributed by atoms with E-state index in [-0.39, 0.29) is 18.4 Å². The summed E-state index contributed by atoms with van der Waals surface area (Å²) in [4.78, 5) is 36.5. The fourth-order valence-electron chi connectivity index (χ4n) is 2.33. The molecule has 1 aliphatic rings. The van der Waals surface area contributed by atoms with Crippen LogP contribution in [0.1, 0.15) is 20.7 Å². The average Bonchev–Trinajstić information content (AvgIpc) is 2.58. The number of carbonyl (C=O) groups is 3. The van der Waals surface area contributed by atoms with Gasteiger partial charge in [0.05, 0.1) is 5.69 Å². The molecule has 7 heteroatoms. The minimum absolute atomic E-state index is 0.0126. The molecule has 0 aliphatic carbocycles. The van der Waals surface area contributed by atoms with Gasteiger partial charge in [-0.2, -0.15) is 0 Å². The highest BCUT2D eigenvalue weighted by atomic mass is 16.5. The van der Waals surface area contributed by atoms with E-state index in [4.69, 9.17) is 10.5 Å². The molecular weight excluding hydrogens is 310 g/mol. The van der Waals surface area contributed by atoms with Crippen molar-refractivity contribution >= 4 is 29.1 Å². The summed E-state index contributed by atoms with van der Waals surface area (Å²) < 4.78 is 5.33. The second-order valence-corrected chi connectivity index (χ2v) is 5.32. The topological polar surface area (TPSA) is 102 Å². The van der Waals surface area contributed by atoms with Crippen LogP contribution in [0.25, 0.3) is 0 Å². The molecule has 3 rings (SSSR count). The van der Waals surface area contributed by atoms with Crippen molar-refractivity contribution < 1.29 is 19.1 Å². The largest absolute Gasteiger partial charge is 0.482 e. The monoisotopic (exact) mass is 325 g/mol. The maximum atomic E-state index is 12.4. The van der Waals surface area contributed by atoms with Crippen LogP contribution in [0.5, 0.6) is 5.75 Å². The Labute approximate surface area is 138 Å². The highest BCUT2D eigenvalue weighted by Gasteiger charge is 2.23. The Bertz CT molecular complexity index is 830. The zero-order valence-corrected chi connectivity index (χ0v) is 12.9. The van der Waals surface area contributed by atoms with Gasteiger partial charge >= 0.3 is 0 Å². The lowest BCUT2D eigenvalue weighted by atomic mass is 10.1. The maximum absolute atomic E-state index is 12.4. The minimum atomic E-state index is -0.532. The van der Waals surface area contributed by atoms with Crippen LogP contribution in [0.3, 0.4) is 0 Å². The molecule has 3 N–H and O–H groups in total. The second-order valence-electron chi connectivity index (χ2n) is 5.32. The summed E-state index contributed by atoms with van der Waals surface area (Å²) in [6, 6.07) is 11.1. The van der Waals surface area contributed by atoms with E-state index in [9.17, 15) is 14.4 Å². The van der Waals surface area contributed by atoms with Crippen LogP contribution >= 0.6 is 0 Å². The van der Waals surface area contributed by atoms with Crippen molar-refractivity contribution in [3.05, 3.63) is 53.6 Å². The number of anilines is 2. The molecule has 1 aliphatic heterocycles. The minimum Gasteiger partial charge on any atom is -0.482 e. The smallest absolute Gasteiger partial charge is 0.264 e. The second kappa shape index (κ2) is 6.04. The van der Waals surface area contributed by atoms with Gasteiger partial charge in [-0.1, -0.05) is 0 Å². The number of ether oxygens (including phenoxy) is 1. The Kier molecular flexibility index (Phi) is 3.91. The molecule has 7 nitrogen and oxygen atoms in total. The zero-order valence-electron chi connectivity index (χ0n) is 12.9. The number of carbonyl (C=O) groups excluding carboxylic acids is 3. The molecule has 0 unspecified atom stereocenters. The lowest BCUT2D eigenvalue weighted by Gasteiger charge is -2.26. The molecular formula is C17H15N3O4. The lowest BCUT2D eigenvalue weighted by Crippen LogP contribution is -2.35. The van der Waals surface area contributed by atoms with Gasteiger partial charge in [-0.3, -0.25) is 14.4 Å². The number of nitrogens with zero attached hydrogens (tertiary/aromatic N) is 1. The van der Waals surface area contributed by atoms with Crippen LogP contribution in [0.15, 0.2) is 42.5 Å². The summed E-state index contributed by atoms with van der Waals surface area (Å²) in [6.45, 7) is -0.0126. The number of benzene rings is 2. The van der Waals surface area contributed by atoms with Crippen LogP contribution in [0, 0.1) is 0 Å². The van der Waals surface area contributed by atoms with Crippen molar-refractivity contribution in [1.82, 2.24) is 0 Å². The highest BCUT2D eigenvalue weighted by molar-refractivity contribution is 6.06. The SMILES string of the molecule is CN1C(=O)COc2ccc(C(=O)Nc3ccc(C(N)=O)cc3)cc21. The summed E-state index contributed by atoms with van der Waals surface area (Å²) in [5.74, 6) is -0.493. The number of nitrogens with one attached hydrogen (secondary N) is 1. The van der Waals surface area contributed by atoms with Crippen molar-refractivity contribution in [2.45, 2.75) is 0 Å². The van der Waals surface area contributed by atoms with Gasteiger partial charge in [-0.05, 0) is 42.5 Å². The molecule has 24 heavy (non-hydrogen) atoms. The van der Waals surface area contributed by atoms with Gasteiger partial charge < -0.3 is 20.7 Å². The molecule has 0 saturated heterocycles. The summed E-state index contributed by atoms with van der Waals surface area (Å²) >= 11 is 0. The van der Waals surface area contributed by atoms with Gasteiger partial charge in [0.15, 0.2) is 6.61 Å². The molecule has 2 aromatic carbocycles. The first kappa shape index (κ1) is 15.5. The van der Waals surface area contributed by atoms with Crippen molar-refractivity contribution in [3.63, 3.8) is 0 Å². The number of nitrogens with two attached hydrogens (primary N) is 1. The third kappa shape index (κ3) is 2.91. The van der Waals surface area contributed by atoms with Crippen molar-refractivity contribution in [2.24, 2.45) is 5.73 Å². The molecule has 3 amide bonds. The Morgan fingerprint density at radius 2 is 1.79 bits per heavy atom. The van der Waals surface area contributed by atoms with Gasteiger partial charge in [0.25, 0.3) is 11.8 Å². The van der Waals surface area contributed by atoms with Crippen molar-refractivity contribution in [1.29, 1.82) is 0 Å². The number of primary amides is 1. The molecule has 0 aromatic heterocycles. The molecule has 0 fully saturated rings. The Balaban J connectivity index is 1.80. The first-order chi connectivity index (χ1) is 11.5. The number of fused-ring (bicyclic) bond motifs is 1. The van der Waals surface area contributed by atoms with Gasteiger partial charge in [0.2, 0.25) is 5.91 Å². The third-order valence-electron chi connectivity index (χ3n) is 3.74. The van der Waals surface area contributed by atoms with Gasteiger partial charge in [-0.15, -0.1) is 0 Å². The first-order valence-corrected chi connectivity index (χ1v) is 7.20. The predicted molar refractivity (Wildman–Crippen MR) is 88.3 cm³/mol. The number of likely N-dealkylation sites (N-methyl/N-ethyl adjacent to an activating group) is 1. The Hall–Kier alpha value is -3.35. The quantitative estimate of drug-likeness (QED) is 0.890. The van der Waals surface area contributed by atoms with Gasteiger partial charge in [0, 0.05) is 23.9 Å². The number of hydrogen-bond donors (Lipinski definition) is 2. The van der Waals surface area contributed by atoms with Gasteiger partial charge in [0.1, 0.15) is 5.75 Å². The van der Waals surface area contributed by atoms with Crippen LogP contribution in [0.4, 0.5) is 11.4 Å². The summed E-state index contributed by atoms with van der Waals surface area (Å²) in [5, 5.41) is 2.72. The summed E-state index contributed by atoms with van der Waals surface area (Å²) in [5.41, 5.74) is 7.00. The molecule has 2 aromatic rings. The van der Waals surface area contributed by atoms with E-state index in [0.717, 1.165) is 0 Å². The molecule has 0 saturated carbocycles. The molecule has 1 heterocycles. The fraction of sp³-hybridized carbons (Fsp3) is 0.118. The van der Waals surface area contributed by atoms with Crippen LogP contribution in [-0.2, 0) is 4.79 Å². The van der Waals surface area contributed by atoms with Crippen LogP contribution in [-0.4, -0.2) is 31.4 Å². The number of hydrogen-bond acceptors (Lipinski definition) is 4. The van der Waals surface area contributed by atoms with Crippen molar-refractivity contribution in [2.75, 3.05) is 23.9 Å². The Morgan fingerprint density at radius 1 is 1.12 bits per heavy atom. The van der Waals surface area contributed by atoms with Crippen LogP contribution < -0.4 is 20.7 Å². The molecule has 0 spiro atoms. The highest BCUT2D eigenvalue weighted by Crippen LogP contribution is 2.32. The number of amides is 3. The number of rotatable bonds is 3. The molecule has 122 valence electrons. The molecule has 0 bridgehead atoms. The van der Waals surface area contributed by atoms with E-state index in [1.807, 2.05) is 0 Å². The summed E-state index contributed by atoms with van der Waals surface area (Å²) in [7, 11) is 1.63. The molecule has 0 radical (unpaired) electrons. The zero-order chi connectivity index (χ0) is 17.3. The van der Waals surface area contributed by atoms with E-state index in [2.05, 4.69) is 5.32 Å². The van der Waals surface area contributed by atoms with Gasteiger partial charge in [-0.25, -0.2) is 0 Å². The maximum Gasteiger partial charge on any atom is 0.264 e. The average molecular weight is 325 g/mol. The first-order valence-electron chi connectivity index (χ1n) is 7.20. The third-order valence-corrected chi connectivity index (χ3v) is 3.74. The van der Waals surface area contributed by atoms with Crippen molar-refractivity contribution in [3.8, 4) is 5.75 Å². The van der Waals surface area contributed by atoms with Crippen LogP contribution in [0.2, 0.25) is 0 Å². The summed E-state index contributed by atoms with van der Waals surface area (Å²) in [6.07, 6.45) is 0. The van der Waals surface area contributed by atoms with E-state index < -0.39 is 5.91 Å². The Morgan fingerprint density at radius 3 is 2.46 bits per heavy atom. The van der Waals surface area contributed by atoms with E-state index >= 15 is 0 Å². The van der Waals surface area contributed by atoms with E-state index in [1.165, 1.54) is 17.0 Å².